The first-order chi connectivity index (χ1) is 16.1. The molecule has 0 spiro atoms. The SMILES string of the molecule is COc1ccc(S(N)(=O)=O)cc1C(=O)O[C@H]1CC[C@H]2[C@@H]3CCc4cc(O)ccc4[C@H]3CC[C@]12C. The van der Waals surface area contributed by atoms with E-state index in [0.29, 0.717) is 23.5 Å². The van der Waals surface area contributed by atoms with E-state index in [0.717, 1.165) is 38.5 Å². The predicted octanol–water partition coefficient (Wildman–Crippen LogP) is 4.13. The van der Waals surface area contributed by atoms with Crippen LogP contribution in [0.3, 0.4) is 0 Å². The molecule has 0 aliphatic heterocycles. The van der Waals surface area contributed by atoms with Crippen molar-refractivity contribution in [2.45, 2.75) is 62.4 Å². The van der Waals surface area contributed by atoms with Crippen LogP contribution >= 0.6 is 0 Å². The minimum absolute atomic E-state index is 0.0705. The number of rotatable bonds is 4. The first-order valence-electron chi connectivity index (χ1n) is 11.9. The minimum atomic E-state index is -3.96. The molecule has 0 amide bonds. The van der Waals surface area contributed by atoms with Crippen molar-refractivity contribution in [3.05, 3.63) is 53.1 Å². The van der Waals surface area contributed by atoms with E-state index in [1.807, 2.05) is 6.07 Å². The van der Waals surface area contributed by atoms with Crippen LogP contribution in [0.1, 0.15) is 66.4 Å². The largest absolute Gasteiger partial charge is 0.508 e. The van der Waals surface area contributed by atoms with E-state index >= 15 is 0 Å². The van der Waals surface area contributed by atoms with Gasteiger partial charge in [0.25, 0.3) is 0 Å². The molecule has 2 aromatic rings. The maximum absolute atomic E-state index is 13.2. The summed E-state index contributed by atoms with van der Waals surface area (Å²) in [7, 11) is -2.53. The molecule has 3 aliphatic rings. The van der Waals surface area contributed by atoms with Crippen molar-refractivity contribution in [1.82, 2.24) is 0 Å². The molecule has 5 atom stereocenters. The van der Waals surface area contributed by atoms with Crippen molar-refractivity contribution < 1.29 is 27.8 Å². The maximum atomic E-state index is 13.2. The number of benzene rings is 2. The first kappa shape index (κ1) is 23.2. The zero-order chi connectivity index (χ0) is 24.3. The molecule has 34 heavy (non-hydrogen) atoms. The number of fused-ring (bicyclic) bond motifs is 5. The number of carbonyl (C=O) groups is 1. The lowest BCUT2D eigenvalue weighted by atomic mass is 9.55. The van der Waals surface area contributed by atoms with Crippen molar-refractivity contribution in [2.75, 3.05) is 7.11 Å². The average Bonchev–Trinajstić information content (AvgIpc) is 3.13. The second-order valence-corrected chi connectivity index (χ2v) is 11.8. The fraction of sp³-hybridized carbons (Fsp3) is 0.500. The van der Waals surface area contributed by atoms with Gasteiger partial charge in [0.15, 0.2) is 0 Å². The summed E-state index contributed by atoms with van der Waals surface area (Å²) in [6.45, 7) is 2.24. The molecule has 0 unspecified atom stereocenters. The summed E-state index contributed by atoms with van der Waals surface area (Å²) in [6, 6.07) is 9.76. The van der Waals surface area contributed by atoms with E-state index in [9.17, 15) is 18.3 Å². The van der Waals surface area contributed by atoms with Gasteiger partial charge in [0.05, 0.1) is 12.0 Å². The van der Waals surface area contributed by atoms with Crippen LogP contribution in [0, 0.1) is 17.3 Å². The normalized spacial score (nSPS) is 30.1. The standard InChI is InChI=1S/C26H31NO6S/c1-26-12-11-19-18-7-4-16(28)13-15(18)3-6-20(19)22(26)8-10-24(26)33-25(29)21-14-17(34(27,30)31)5-9-23(21)32-2/h4-5,7,9,13-14,19-20,22,24,28H,3,6,8,10-12H2,1-2H3,(H2,27,30,31)/t19-,20-,22+,24+,26+/m1/s1. The third-order valence-electron chi connectivity index (χ3n) is 8.59. The highest BCUT2D eigenvalue weighted by Crippen LogP contribution is 2.61. The van der Waals surface area contributed by atoms with Crippen molar-refractivity contribution >= 4 is 16.0 Å². The van der Waals surface area contributed by atoms with Crippen LogP contribution in [-0.2, 0) is 21.2 Å². The van der Waals surface area contributed by atoms with E-state index in [1.165, 1.54) is 36.4 Å². The molecule has 0 saturated heterocycles. The van der Waals surface area contributed by atoms with Crippen LogP contribution in [0.4, 0.5) is 0 Å². The number of phenolic OH excluding ortho intramolecular Hbond substituents is 1. The van der Waals surface area contributed by atoms with Crippen LogP contribution in [0.5, 0.6) is 11.5 Å². The van der Waals surface area contributed by atoms with Gasteiger partial charge >= 0.3 is 5.97 Å². The van der Waals surface area contributed by atoms with Gasteiger partial charge < -0.3 is 14.6 Å². The Balaban J connectivity index is 1.38. The lowest BCUT2D eigenvalue weighted by molar-refractivity contribution is -0.0429. The zero-order valence-electron chi connectivity index (χ0n) is 19.5. The van der Waals surface area contributed by atoms with E-state index in [4.69, 9.17) is 14.6 Å². The Kier molecular flexibility index (Phi) is 5.64. The Morgan fingerprint density at radius 1 is 1.12 bits per heavy atom. The van der Waals surface area contributed by atoms with Gasteiger partial charge in [-0.25, -0.2) is 18.4 Å². The smallest absolute Gasteiger partial charge is 0.342 e. The fourth-order valence-corrected chi connectivity index (χ4v) is 7.47. The molecule has 3 N–H and O–H groups in total. The van der Waals surface area contributed by atoms with Gasteiger partial charge in [-0.3, -0.25) is 0 Å². The Bertz CT molecular complexity index is 1240. The number of phenols is 1. The van der Waals surface area contributed by atoms with E-state index in [1.54, 1.807) is 6.07 Å². The summed E-state index contributed by atoms with van der Waals surface area (Å²) in [5.74, 6) is 1.45. The molecule has 0 radical (unpaired) electrons. The molecule has 0 bridgehead atoms. The Labute approximate surface area is 200 Å². The van der Waals surface area contributed by atoms with Crippen molar-refractivity contribution in [2.24, 2.45) is 22.4 Å². The van der Waals surface area contributed by atoms with E-state index in [2.05, 4.69) is 13.0 Å². The number of esters is 1. The Hall–Kier alpha value is -2.58. The molecule has 7 nitrogen and oxygen atoms in total. The van der Waals surface area contributed by atoms with Gasteiger partial charge in [-0.05, 0) is 97.7 Å². The van der Waals surface area contributed by atoms with Crippen molar-refractivity contribution in [3.8, 4) is 11.5 Å². The van der Waals surface area contributed by atoms with Gasteiger partial charge in [0, 0.05) is 5.41 Å². The van der Waals surface area contributed by atoms with Gasteiger partial charge in [-0.2, -0.15) is 0 Å². The van der Waals surface area contributed by atoms with Crippen molar-refractivity contribution in [1.29, 1.82) is 0 Å². The summed E-state index contributed by atoms with van der Waals surface area (Å²) in [6.07, 6.45) is 5.55. The molecule has 2 aromatic carbocycles. The molecule has 182 valence electrons. The summed E-state index contributed by atoms with van der Waals surface area (Å²) >= 11 is 0. The van der Waals surface area contributed by atoms with E-state index < -0.39 is 16.0 Å². The molecule has 2 saturated carbocycles. The monoisotopic (exact) mass is 485 g/mol. The minimum Gasteiger partial charge on any atom is -0.508 e. The number of hydrogen-bond donors (Lipinski definition) is 2. The number of ether oxygens (including phenoxy) is 2. The van der Waals surface area contributed by atoms with Gasteiger partial charge in [0.1, 0.15) is 23.2 Å². The predicted molar refractivity (Wildman–Crippen MR) is 126 cm³/mol. The van der Waals surface area contributed by atoms with Crippen molar-refractivity contribution in [3.63, 3.8) is 0 Å². The number of primary sulfonamides is 1. The van der Waals surface area contributed by atoms with Crippen LogP contribution < -0.4 is 9.88 Å². The Morgan fingerprint density at radius 3 is 2.65 bits per heavy atom. The molecule has 3 aliphatic carbocycles. The molecule has 8 heteroatoms. The lowest BCUT2D eigenvalue weighted by Gasteiger charge is -2.50. The number of nitrogens with two attached hydrogens (primary N) is 1. The van der Waals surface area contributed by atoms with E-state index in [-0.39, 0.29) is 27.7 Å². The zero-order valence-corrected chi connectivity index (χ0v) is 20.3. The summed E-state index contributed by atoms with van der Waals surface area (Å²) in [5, 5.41) is 15.1. The third kappa shape index (κ3) is 3.77. The number of methoxy groups -OCH3 is 1. The van der Waals surface area contributed by atoms with Gasteiger partial charge in [0.2, 0.25) is 10.0 Å². The summed E-state index contributed by atoms with van der Waals surface area (Å²) in [4.78, 5) is 13.0. The molecule has 0 heterocycles. The number of aromatic hydroxyl groups is 1. The molecular weight excluding hydrogens is 454 g/mol. The molecule has 0 aromatic heterocycles. The van der Waals surface area contributed by atoms with Crippen LogP contribution in [-0.4, -0.2) is 32.7 Å². The third-order valence-corrected chi connectivity index (χ3v) is 9.50. The first-order valence-corrected chi connectivity index (χ1v) is 13.4. The van der Waals surface area contributed by atoms with Crippen LogP contribution in [0.2, 0.25) is 0 Å². The van der Waals surface area contributed by atoms with Crippen LogP contribution in [0.15, 0.2) is 41.3 Å². The maximum Gasteiger partial charge on any atom is 0.342 e. The summed E-state index contributed by atoms with van der Waals surface area (Å²) in [5.41, 5.74) is 2.56. The number of aryl methyl sites for hydroxylation is 1. The second kappa shape index (κ2) is 8.27. The highest BCUT2D eigenvalue weighted by Gasteiger charge is 2.56. The molecular formula is C26H31NO6S. The molecule has 2 fully saturated rings. The average molecular weight is 486 g/mol. The highest BCUT2D eigenvalue weighted by atomic mass is 32.2. The number of sulfonamides is 1. The Morgan fingerprint density at radius 2 is 1.91 bits per heavy atom. The molecule has 5 rings (SSSR count). The van der Waals surface area contributed by atoms with Crippen LogP contribution in [0.25, 0.3) is 0 Å². The van der Waals surface area contributed by atoms with Gasteiger partial charge in [-0.1, -0.05) is 13.0 Å². The second-order valence-electron chi connectivity index (χ2n) is 10.2. The lowest BCUT2D eigenvalue weighted by Crippen LogP contribution is -2.45. The quantitative estimate of drug-likeness (QED) is 0.629. The topological polar surface area (TPSA) is 116 Å². The highest BCUT2D eigenvalue weighted by molar-refractivity contribution is 7.89. The number of hydrogen-bond acceptors (Lipinski definition) is 6. The fourth-order valence-electron chi connectivity index (χ4n) is 6.93. The summed E-state index contributed by atoms with van der Waals surface area (Å²) < 4.78 is 34.9. The number of carbonyl (C=O) groups excluding carboxylic acids is 1. The van der Waals surface area contributed by atoms with Gasteiger partial charge in [-0.15, -0.1) is 0 Å².